The number of hydrogen-bond donors (Lipinski definition) is 1. The third kappa shape index (κ3) is 1.66. The molecule has 1 saturated heterocycles. The maximum absolute atomic E-state index is 5.79. The Bertz CT molecular complexity index is 356. The Morgan fingerprint density at radius 3 is 2.80 bits per heavy atom. The summed E-state index contributed by atoms with van der Waals surface area (Å²) in [4.78, 5) is 4.17. The van der Waals surface area contributed by atoms with Gasteiger partial charge in [-0.3, -0.25) is 0 Å². The average molecular weight is 223 g/mol. The second kappa shape index (κ2) is 3.46. The molecule has 1 aromatic rings. The molecule has 1 N–H and O–H groups in total. The molecule has 15 heavy (non-hydrogen) atoms. The standard InChI is InChI=1S/C12H15ClN2/c13-11-2-1-10(6-15-11)9-3-4-12(5-9)7-14-8-12/h1-2,6,9,14H,3-5,7-8H2. The molecule has 1 unspecified atom stereocenters. The summed E-state index contributed by atoms with van der Waals surface area (Å²) in [6.07, 6.45) is 5.94. The third-order valence-electron chi connectivity index (χ3n) is 3.92. The molecule has 80 valence electrons. The van der Waals surface area contributed by atoms with Crippen molar-refractivity contribution in [3.63, 3.8) is 0 Å². The number of aromatic nitrogens is 1. The summed E-state index contributed by atoms with van der Waals surface area (Å²) in [5.41, 5.74) is 1.98. The lowest BCUT2D eigenvalue weighted by molar-refractivity contribution is 0.175. The number of rotatable bonds is 1. The fourth-order valence-corrected chi connectivity index (χ4v) is 3.03. The average Bonchev–Trinajstić information content (AvgIpc) is 2.63. The Morgan fingerprint density at radius 1 is 1.40 bits per heavy atom. The monoisotopic (exact) mass is 222 g/mol. The maximum Gasteiger partial charge on any atom is 0.129 e. The molecule has 1 aromatic heterocycles. The first-order valence-electron chi connectivity index (χ1n) is 5.60. The smallest absolute Gasteiger partial charge is 0.129 e. The summed E-state index contributed by atoms with van der Waals surface area (Å²) >= 11 is 5.79. The summed E-state index contributed by atoms with van der Waals surface area (Å²) < 4.78 is 0. The summed E-state index contributed by atoms with van der Waals surface area (Å²) in [6.45, 7) is 2.43. The Hall–Kier alpha value is -0.600. The lowest BCUT2D eigenvalue weighted by atomic mass is 9.79. The second-order valence-electron chi connectivity index (χ2n) is 4.96. The molecule has 1 saturated carbocycles. The second-order valence-corrected chi connectivity index (χ2v) is 5.34. The van der Waals surface area contributed by atoms with Gasteiger partial charge in [-0.15, -0.1) is 0 Å². The molecule has 0 radical (unpaired) electrons. The zero-order valence-electron chi connectivity index (χ0n) is 8.67. The summed E-state index contributed by atoms with van der Waals surface area (Å²) in [5.74, 6) is 0.705. The summed E-state index contributed by atoms with van der Waals surface area (Å²) in [7, 11) is 0. The molecule has 3 heteroatoms. The topological polar surface area (TPSA) is 24.9 Å². The van der Waals surface area contributed by atoms with Crippen LogP contribution in [0.5, 0.6) is 0 Å². The number of halogens is 1. The van der Waals surface area contributed by atoms with Crippen LogP contribution in [0.4, 0.5) is 0 Å². The number of pyridine rings is 1. The molecule has 0 aromatic carbocycles. The van der Waals surface area contributed by atoms with Gasteiger partial charge in [-0.1, -0.05) is 17.7 Å². The van der Waals surface area contributed by atoms with Crippen LogP contribution in [0.3, 0.4) is 0 Å². The van der Waals surface area contributed by atoms with Crippen LogP contribution in [0.2, 0.25) is 5.15 Å². The SMILES string of the molecule is Clc1ccc(C2CCC3(CNC3)C2)cn1. The van der Waals surface area contributed by atoms with Gasteiger partial charge < -0.3 is 5.32 Å². The Labute approximate surface area is 95.0 Å². The van der Waals surface area contributed by atoms with Crippen LogP contribution in [-0.4, -0.2) is 18.1 Å². The summed E-state index contributed by atoms with van der Waals surface area (Å²) in [6, 6.07) is 4.03. The molecule has 1 aliphatic carbocycles. The molecule has 1 atom stereocenters. The van der Waals surface area contributed by atoms with Crippen molar-refractivity contribution in [1.82, 2.24) is 10.3 Å². The lowest BCUT2D eigenvalue weighted by Gasteiger charge is -2.39. The quantitative estimate of drug-likeness (QED) is 0.739. The van der Waals surface area contributed by atoms with E-state index >= 15 is 0 Å². The van der Waals surface area contributed by atoms with E-state index in [9.17, 15) is 0 Å². The molecular formula is C12H15ClN2. The zero-order valence-corrected chi connectivity index (χ0v) is 9.43. The molecule has 2 aliphatic rings. The van der Waals surface area contributed by atoms with Crippen LogP contribution in [0.1, 0.15) is 30.7 Å². The highest BCUT2D eigenvalue weighted by Crippen LogP contribution is 2.48. The fourth-order valence-electron chi connectivity index (χ4n) is 2.92. The minimum atomic E-state index is 0.594. The van der Waals surface area contributed by atoms with Crippen molar-refractivity contribution < 1.29 is 0 Å². The largest absolute Gasteiger partial charge is 0.316 e. The van der Waals surface area contributed by atoms with Crippen LogP contribution < -0.4 is 5.32 Å². The third-order valence-corrected chi connectivity index (χ3v) is 4.15. The molecular weight excluding hydrogens is 208 g/mol. The molecule has 2 fully saturated rings. The van der Waals surface area contributed by atoms with Crippen molar-refractivity contribution >= 4 is 11.6 Å². The number of nitrogens with zero attached hydrogens (tertiary/aromatic N) is 1. The van der Waals surface area contributed by atoms with Gasteiger partial charge in [0.25, 0.3) is 0 Å². The minimum absolute atomic E-state index is 0.594. The predicted molar refractivity (Wildman–Crippen MR) is 61.1 cm³/mol. The molecule has 0 bridgehead atoms. The van der Waals surface area contributed by atoms with Gasteiger partial charge in [0.2, 0.25) is 0 Å². The Balaban J connectivity index is 1.76. The van der Waals surface area contributed by atoms with Crippen molar-refractivity contribution in [1.29, 1.82) is 0 Å². The van der Waals surface area contributed by atoms with Gasteiger partial charge in [0.05, 0.1) is 0 Å². The first kappa shape index (κ1) is 9.61. The molecule has 1 aliphatic heterocycles. The highest BCUT2D eigenvalue weighted by atomic mass is 35.5. The maximum atomic E-state index is 5.79. The molecule has 1 spiro atoms. The minimum Gasteiger partial charge on any atom is -0.316 e. The van der Waals surface area contributed by atoms with Gasteiger partial charge in [0.15, 0.2) is 0 Å². The number of nitrogens with one attached hydrogen (secondary N) is 1. The van der Waals surface area contributed by atoms with E-state index in [4.69, 9.17) is 11.6 Å². The van der Waals surface area contributed by atoms with Crippen LogP contribution in [-0.2, 0) is 0 Å². The van der Waals surface area contributed by atoms with Gasteiger partial charge in [-0.2, -0.15) is 0 Å². The van der Waals surface area contributed by atoms with Gasteiger partial charge in [-0.25, -0.2) is 4.98 Å². The van der Waals surface area contributed by atoms with E-state index in [0.29, 0.717) is 16.5 Å². The van der Waals surface area contributed by atoms with Gasteiger partial charge in [0, 0.05) is 19.3 Å². The fraction of sp³-hybridized carbons (Fsp3) is 0.583. The molecule has 0 amide bonds. The van der Waals surface area contributed by atoms with E-state index in [-0.39, 0.29) is 0 Å². The van der Waals surface area contributed by atoms with Crippen LogP contribution in [0.25, 0.3) is 0 Å². The van der Waals surface area contributed by atoms with Gasteiger partial charge >= 0.3 is 0 Å². The lowest BCUT2D eigenvalue weighted by Crippen LogP contribution is -2.51. The van der Waals surface area contributed by atoms with Crippen molar-refractivity contribution in [3.8, 4) is 0 Å². The molecule has 2 heterocycles. The van der Waals surface area contributed by atoms with Crippen LogP contribution in [0.15, 0.2) is 18.3 Å². The first-order valence-corrected chi connectivity index (χ1v) is 5.97. The van der Waals surface area contributed by atoms with Crippen molar-refractivity contribution in [2.45, 2.75) is 25.2 Å². The van der Waals surface area contributed by atoms with E-state index < -0.39 is 0 Å². The van der Waals surface area contributed by atoms with E-state index in [1.54, 1.807) is 0 Å². The van der Waals surface area contributed by atoms with Gasteiger partial charge in [0.1, 0.15) is 5.15 Å². The van der Waals surface area contributed by atoms with Gasteiger partial charge in [-0.05, 0) is 42.2 Å². The van der Waals surface area contributed by atoms with Crippen molar-refractivity contribution in [3.05, 3.63) is 29.0 Å². The van der Waals surface area contributed by atoms with Crippen molar-refractivity contribution in [2.75, 3.05) is 13.1 Å². The Kier molecular flexibility index (Phi) is 2.22. The summed E-state index contributed by atoms with van der Waals surface area (Å²) in [5, 5.41) is 3.98. The zero-order chi connectivity index (χ0) is 10.3. The highest BCUT2D eigenvalue weighted by molar-refractivity contribution is 6.29. The van der Waals surface area contributed by atoms with E-state index in [0.717, 1.165) is 0 Å². The van der Waals surface area contributed by atoms with Crippen LogP contribution >= 0.6 is 11.6 Å². The normalized spacial score (nSPS) is 27.9. The molecule has 3 rings (SSSR count). The Morgan fingerprint density at radius 2 is 2.27 bits per heavy atom. The van der Waals surface area contributed by atoms with E-state index in [1.807, 2.05) is 12.3 Å². The van der Waals surface area contributed by atoms with E-state index in [1.165, 1.54) is 37.9 Å². The number of hydrogen-bond acceptors (Lipinski definition) is 2. The van der Waals surface area contributed by atoms with E-state index in [2.05, 4.69) is 16.4 Å². The molecule has 2 nitrogen and oxygen atoms in total. The highest BCUT2D eigenvalue weighted by Gasteiger charge is 2.43. The predicted octanol–water partition coefficient (Wildman–Crippen LogP) is 2.59. The first-order chi connectivity index (χ1) is 7.27. The van der Waals surface area contributed by atoms with Crippen LogP contribution in [0, 0.1) is 5.41 Å². The van der Waals surface area contributed by atoms with Crippen molar-refractivity contribution in [2.24, 2.45) is 5.41 Å².